The molecule has 0 heterocycles. The predicted octanol–water partition coefficient (Wildman–Crippen LogP) is 3.99. The van der Waals surface area contributed by atoms with E-state index in [1.165, 1.54) is 19.3 Å². The Labute approximate surface area is 121 Å². The summed E-state index contributed by atoms with van der Waals surface area (Å²) < 4.78 is 5.93. The monoisotopic (exact) mass is 272 g/mol. The molecule has 0 radical (unpaired) electrons. The van der Waals surface area contributed by atoms with Crippen LogP contribution in [0.4, 0.5) is 0 Å². The molecule has 3 rings (SSSR count). The van der Waals surface area contributed by atoms with Gasteiger partial charge < -0.3 is 4.74 Å². The smallest absolute Gasteiger partial charge is 0.310 e. The lowest BCUT2D eigenvalue weighted by Crippen LogP contribution is -2.43. The van der Waals surface area contributed by atoms with Gasteiger partial charge in [-0.15, -0.1) is 0 Å². The largest absolute Gasteiger partial charge is 0.461 e. The Morgan fingerprint density at radius 1 is 1.25 bits per heavy atom. The van der Waals surface area contributed by atoms with Crippen molar-refractivity contribution >= 4 is 5.97 Å². The Morgan fingerprint density at radius 2 is 1.95 bits per heavy atom. The van der Waals surface area contributed by atoms with Gasteiger partial charge in [-0.05, 0) is 30.7 Å². The molecule has 2 nitrogen and oxygen atoms in total. The van der Waals surface area contributed by atoms with Crippen LogP contribution in [0.25, 0.3) is 0 Å². The fourth-order valence-electron chi connectivity index (χ4n) is 4.49. The molecule has 0 aliphatic heterocycles. The van der Waals surface area contributed by atoms with Gasteiger partial charge in [0.25, 0.3) is 0 Å². The van der Waals surface area contributed by atoms with Crippen LogP contribution in [0.15, 0.2) is 30.3 Å². The fourth-order valence-corrected chi connectivity index (χ4v) is 4.49. The number of hydrogen-bond acceptors (Lipinski definition) is 2. The Hall–Kier alpha value is -1.31. The minimum Gasteiger partial charge on any atom is -0.461 e. The van der Waals surface area contributed by atoms with Crippen LogP contribution in [-0.2, 0) is 16.0 Å². The van der Waals surface area contributed by atoms with Crippen molar-refractivity contribution in [3.63, 3.8) is 0 Å². The van der Waals surface area contributed by atoms with Crippen LogP contribution >= 0.6 is 0 Å². The molecule has 3 atom stereocenters. The first kappa shape index (κ1) is 13.7. The molecule has 2 fully saturated rings. The van der Waals surface area contributed by atoms with Crippen LogP contribution in [0, 0.1) is 16.7 Å². The van der Waals surface area contributed by atoms with E-state index in [1.807, 2.05) is 30.3 Å². The molecule has 2 aliphatic rings. The van der Waals surface area contributed by atoms with Gasteiger partial charge in [-0.2, -0.15) is 0 Å². The third-order valence-electron chi connectivity index (χ3n) is 5.58. The lowest BCUT2D eigenvalue weighted by Gasteiger charge is -2.41. The Kier molecular flexibility index (Phi) is 3.15. The van der Waals surface area contributed by atoms with Gasteiger partial charge in [0, 0.05) is 10.8 Å². The summed E-state index contributed by atoms with van der Waals surface area (Å²) in [6.07, 6.45) is 4.16. The summed E-state index contributed by atoms with van der Waals surface area (Å²) in [5, 5.41) is 0. The number of fused-ring (bicyclic) bond motifs is 2. The minimum atomic E-state index is -0.0805. The maximum Gasteiger partial charge on any atom is 0.310 e. The maximum absolute atomic E-state index is 12.3. The molecule has 2 bridgehead atoms. The van der Waals surface area contributed by atoms with E-state index in [4.69, 9.17) is 4.74 Å². The molecule has 2 saturated carbocycles. The Morgan fingerprint density at radius 3 is 2.55 bits per heavy atom. The molecule has 0 spiro atoms. The Balaban J connectivity index is 1.70. The summed E-state index contributed by atoms with van der Waals surface area (Å²) >= 11 is 0. The van der Waals surface area contributed by atoms with E-state index < -0.39 is 0 Å². The SMILES string of the molecule is CC12CCC(C1)C(C)(C)C2OC(=O)Cc1ccccc1. The van der Waals surface area contributed by atoms with E-state index in [2.05, 4.69) is 20.8 Å². The number of benzene rings is 1. The van der Waals surface area contributed by atoms with Gasteiger partial charge in [-0.1, -0.05) is 51.1 Å². The van der Waals surface area contributed by atoms with Crippen LogP contribution in [-0.4, -0.2) is 12.1 Å². The highest BCUT2D eigenvalue weighted by Crippen LogP contribution is 2.63. The van der Waals surface area contributed by atoms with Gasteiger partial charge >= 0.3 is 5.97 Å². The van der Waals surface area contributed by atoms with Crippen molar-refractivity contribution in [2.75, 3.05) is 0 Å². The van der Waals surface area contributed by atoms with Crippen LogP contribution < -0.4 is 0 Å². The third-order valence-corrected chi connectivity index (χ3v) is 5.58. The number of ether oxygens (including phenoxy) is 1. The maximum atomic E-state index is 12.3. The molecule has 3 unspecified atom stereocenters. The lowest BCUT2D eigenvalue weighted by atomic mass is 9.70. The standard InChI is InChI=1S/C18H24O2/c1-17(2)14-9-10-18(3,12-14)16(17)20-15(19)11-13-7-5-4-6-8-13/h4-8,14,16H,9-12H2,1-3H3. The summed E-state index contributed by atoms with van der Waals surface area (Å²) in [5.74, 6) is 0.630. The van der Waals surface area contributed by atoms with E-state index in [-0.39, 0.29) is 22.9 Å². The van der Waals surface area contributed by atoms with E-state index in [0.717, 1.165) is 5.56 Å². The van der Waals surface area contributed by atoms with Crippen molar-refractivity contribution in [1.29, 1.82) is 0 Å². The summed E-state index contributed by atoms with van der Waals surface area (Å²) in [5.41, 5.74) is 1.35. The number of esters is 1. The quantitative estimate of drug-likeness (QED) is 0.778. The molecule has 1 aromatic carbocycles. The Bertz CT molecular complexity index is 501. The van der Waals surface area contributed by atoms with Gasteiger partial charge in [0.05, 0.1) is 6.42 Å². The second-order valence-electron chi connectivity index (χ2n) is 7.45. The number of rotatable bonds is 3. The number of carbonyl (C=O) groups excluding carboxylic acids is 1. The highest BCUT2D eigenvalue weighted by Gasteiger charge is 2.61. The van der Waals surface area contributed by atoms with E-state index in [0.29, 0.717) is 12.3 Å². The van der Waals surface area contributed by atoms with Crippen molar-refractivity contribution in [3.8, 4) is 0 Å². The summed E-state index contributed by atoms with van der Waals surface area (Å²) in [7, 11) is 0. The molecule has 1 aromatic rings. The normalized spacial score (nSPS) is 34.1. The molecule has 2 aliphatic carbocycles. The third kappa shape index (κ3) is 2.15. The zero-order valence-corrected chi connectivity index (χ0v) is 12.7. The summed E-state index contributed by atoms with van der Waals surface area (Å²) in [4.78, 5) is 12.3. The molecular formula is C18H24O2. The molecule has 0 saturated heterocycles. The average molecular weight is 272 g/mol. The molecule has 0 aromatic heterocycles. The van der Waals surface area contributed by atoms with E-state index in [9.17, 15) is 4.79 Å². The summed E-state index contributed by atoms with van der Waals surface area (Å²) in [6.45, 7) is 6.83. The first-order chi connectivity index (χ1) is 9.42. The zero-order valence-electron chi connectivity index (χ0n) is 12.7. The van der Waals surface area contributed by atoms with Gasteiger partial charge in [-0.25, -0.2) is 0 Å². The second-order valence-corrected chi connectivity index (χ2v) is 7.45. The van der Waals surface area contributed by atoms with Gasteiger partial charge in [-0.3, -0.25) is 4.79 Å². The summed E-state index contributed by atoms with van der Waals surface area (Å²) in [6, 6.07) is 9.86. The number of hydrogen-bond donors (Lipinski definition) is 0. The molecule has 0 amide bonds. The van der Waals surface area contributed by atoms with Gasteiger partial charge in [0.15, 0.2) is 0 Å². The fraction of sp³-hybridized carbons (Fsp3) is 0.611. The van der Waals surface area contributed by atoms with Crippen LogP contribution in [0.3, 0.4) is 0 Å². The van der Waals surface area contributed by atoms with Gasteiger partial charge in [0.1, 0.15) is 6.10 Å². The molecule has 108 valence electrons. The predicted molar refractivity (Wildman–Crippen MR) is 79.3 cm³/mol. The minimum absolute atomic E-state index is 0.0740. The van der Waals surface area contributed by atoms with Crippen molar-refractivity contribution in [2.24, 2.45) is 16.7 Å². The highest BCUT2D eigenvalue weighted by molar-refractivity contribution is 5.73. The lowest BCUT2D eigenvalue weighted by molar-refractivity contribution is -0.163. The molecule has 20 heavy (non-hydrogen) atoms. The van der Waals surface area contributed by atoms with Gasteiger partial charge in [0.2, 0.25) is 0 Å². The topological polar surface area (TPSA) is 26.3 Å². The first-order valence-corrected chi connectivity index (χ1v) is 7.65. The molecule has 2 heteroatoms. The van der Waals surface area contributed by atoms with Crippen LogP contribution in [0.2, 0.25) is 0 Å². The zero-order chi connectivity index (χ0) is 14.4. The first-order valence-electron chi connectivity index (χ1n) is 7.65. The average Bonchev–Trinajstić information content (AvgIpc) is 2.87. The van der Waals surface area contributed by atoms with Crippen molar-refractivity contribution in [3.05, 3.63) is 35.9 Å². The highest BCUT2D eigenvalue weighted by atomic mass is 16.5. The van der Waals surface area contributed by atoms with Crippen molar-refractivity contribution in [2.45, 2.75) is 52.6 Å². The molecular weight excluding hydrogens is 248 g/mol. The van der Waals surface area contributed by atoms with E-state index in [1.54, 1.807) is 0 Å². The second kappa shape index (κ2) is 4.61. The molecule has 0 N–H and O–H groups in total. The van der Waals surface area contributed by atoms with Crippen LogP contribution in [0.5, 0.6) is 0 Å². The van der Waals surface area contributed by atoms with Crippen molar-refractivity contribution in [1.82, 2.24) is 0 Å². The van der Waals surface area contributed by atoms with Crippen LogP contribution in [0.1, 0.15) is 45.6 Å². The van der Waals surface area contributed by atoms with Crippen molar-refractivity contribution < 1.29 is 9.53 Å². The number of carbonyl (C=O) groups is 1. The van der Waals surface area contributed by atoms with E-state index >= 15 is 0 Å².